The van der Waals surface area contributed by atoms with Crippen molar-refractivity contribution in [2.75, 3.05) is 13.1 Å². The minimum atomic E-state index is -1.48. The zero-order chi connectivity index (χ0) is 26.4. The number of amides is 2. The minimum Gasteiger partial charge on any atom is -0.508 e. The third-order valence-corrected chi connectivity index (χ3v) is 9.49. The van der Waals surface area contributed by atoms with Gasteiger partial charge in [-0.15, -0.1) is 0 Å². The molecule has 0 bridgehead atoms. The summed E-state index contributed by atoms with van der Waals surface area (Å²) in [7, 11) is 0. The highest BCUT2D eigenvalue weighted by molar-refractivity contribution is 6.05. The number of hydrogen-bond acceptors (Lipinski definition) is 6. The van der Waals surface area contributed by atoms with E-state index in [1.807, 2.05) is 18.2 Å². The summed E-state index contributed by atoms with van der Waals surface area (Å²) in [6, 6.07) is 17.3. The number of aliphatic hydroxyl groups is 1. The first-order chi connectivity index (χ1) is 18.4. The van der Waals surface area contributed by atoms with Gasteiger partial charge in [-0.3, -0.25) is 19.4 Å². The first-order valence-electron chi connectivity index (χ1n) is 14.2. The highest BCUT2D eigenvalue weighted by Gasteiger charge is 2.67. The van der Waals surface area contributed by atoms with Crippen molar-refractivity contribution in [2.24, 2.45) is 23.7 Å². The van der Waals surface area contributed by atoms with Crippen LogP contribution in [0.15, 0.2) is 54.6 Å². The van der Waals surface area contributed by atoms with E-state index in [4.69, 9.17) is 4.74 Å². The molecule has 0 radical (unpaired) electrons. The number of carbonyl (C=O) groups excluding carboxylic acids is 2. The SMILES string of the molecule is CCC[C@H]1C[C@@H]2C(=O)N(C3CCN(Cc4ccccc4)CC3)C(=O)[C@@H]2[C@@H]2C[C@@H](c3ccccc3O)O[C@]12O. The normalized spacial score (nSPS) is 33.9. The van der Waals surface area contributed by atoms with E-state index in [9.17, 15) is 19.8 Å². The Morgan fingerprint density at radius 2 is 1.68 bits per heavy atom. The second-order valence-electron chi connectivity index (χ2n) is 11.7. The molecule has 0 spiro atoms. The van der Waals surface area contributed by atoms with Crippen molar-refractivity contribution in [1.82, 2.24) is 9.80 Å². The topological polar surface area (TPSA) is 90.3 Å². The van der Waals surface area contributed by atoms with Crippen molar-refractivity contribution in [3.05, 3.63) is 65.7 Å². The minimum absolute atomic E-state index is 0.0596. The molecule has 1 saturated carbocycles. The Morgan fingerprint density at radius 3 is 2.39 bits per heavy atom. The fraction of sp³-hybridized carbons (Fsp3) is 0.548. The van der Waals surface area contributed by atoms with Gasteiger partial charge in [0.25, 0.3) is 0 Å². The molecule has 7 heteroatoms. The molecule has 4 fully saturated rings. The van der Waals surface area contributed by atoms with Crippen molar-refractivity contribution in [3.63, 3.8) is 0 Å². The second-order valence-corrected chi connectivity index (χ2v) is 11.7. The summed E-state index contributed by atoms with van der Waals surface area (Å²) in [5.74, 6) is -3.22. The average Bonchev–Trinajstić information content (AvgIpc) is 3.40. The third kappa shape index (κ3) is 4.25. The Bertz CT molecular complexity index is 1180. The molecule has 0 aromatic heterocycles. The van der Waals surface area contributed by atoms with Gasteiger partial charge in [-0.1, -0.05) is 61.9 Å². The Kier molecular flexibility index (Phi) is 6.79. The number of imide groups is 1. The molecule has 202 valence electrons. The number of carbonyl (C=O) groups is 2. The summed E-state index contributed by atoms with van der Waals surface area (Å²) in [5, 5.41) is 22.4. The van der Waals surface area contributed by atoms with Gasteiger partial charge in [0.1, 0.15) is 5.75 Å². The zero-order valence-electron chi connectivity index (χ0n) is 22.0. The molecule has 4 aliphatic rings. The van der Waals surface area contributed by atoms with Gasteiger partial charge in [0, 0.05) is 43.1 Å². The Hall–Kier alpha value is -2.74. The summed E-state index contributed by atoms with van der Waals surface area (Å²) in [6.45, 7) is 4.63. The first kappa shape index (κ1) is 25.5. The second kappa shape index (κ2) is 10.1. The van der Waals surface area contributed by atoms with E-state index in [-0.39, 0.29) is 29.5 Å². The quantitative estimate of drug-likeness (QED) is 0.556. The number of benzene rings is 2. The summed E-state index contributed by atoms with van der Waals surface area (Å²) in [4.78, 5) is 31.7. The molecule has 2 aromatic carbocycles. The van der Waals surface area contributed by atoms with Gasteiger partial charge in [-0.05, 0) is 43.7 Å². The molecule has 2 amide bonds. The molecule has 3 aliphatic heterocycles. The number of rotatable bonds is 6. The maximum absolute atomic E-state index is 14.0. The van der Waals surface area contributed by atoms with Gasteiger partial charge in [0.05, 0.1) is 17.9 Å². The van der Waals surface area contributed by atoms with Crippen molar-refractivity contribution in [2.45, 2.75) is 69.9 Å². The van der Waals surface area contributed by atoms with E-state index in [0.29, 0.717) is 18.4 Å². The number of hydrogen-bond donors (Lipinski definition) is 2. The summed E-state index contributed by atoms with van der Waals surface area (Å²) >= 11 is 0. The van der Waals surface area contributed by atoms with Crippen LogP contribution in [0.4, 0.5) is 0 Å². The number of phenolic OH excluding ortho intramolecular Hbond substituents is 1. The molecule has 2 N–H and O–H groups in total. The van der Waals surface area contributed by atoms with Crippen LogP contribution in [-0.2, 0) is 20.9 Å². The fourth-order valence-corrected chi connectivity index (χ4v) is 7.68. The number of piperidine rings is 1. The monoisotopic (exact) mass is 518 g/mol. The van der Waals surface area contributed by atoms with E-state index in [0.717, 1.165) is 45.3 Å². The number of phenols is 1. The highest BCUT2D eigenvalue weighted by Crippen LogP contribution is 2.59. The fourth-order valence-electron chi connectivity index (χ4n) is 7.68. The molecule has 6 rings (SSSR count). The zero-order valence-corrected chi connectivity index (χ0v) is 22.0. The average molecular weight is 519 g/mol. The predicted molar refractivity (Wildman–Crippen MR) is 142 cm³/mol. The molecule has 3 heterocycles. The van der Waals surface area contributed by atoms with Crippen LogP contribution >= 0.6 is 0 Å². The molecule has 6 atom stereocenters. The maximum atomic E-state index is 14.0. The highest BCUT2D eigenvalue weighted by atomic mass is 16.6. The lowest BCUT2D eigenvalue weighted by atomic mass is 9.63. The van der Waals surface area contributed by atoms with Crippen LogP contribution in [0.2, 0.25) is 0 Å². The standard InChI is InChI=1S/C31H38N2O5/c1-2-8-21-17-24-28(25-18-27(38-31(21,25)37)23-11-6-7-12-26(23)34)30(36)33(29(24)35)22-13-15-32(16-14-22)19-20-9-4-3-5-10-20/h3-7,9-12,21-22,24-25,27-28,34,37H,2,8,13-19H2,1H3/t21-,24-,25-,27-,28-,31+/m0/s1. The van der Waals surface area contributed by atoms with Crippen molar-refractivity contribution < 1.29 is 24.5 Å². The van der Waals surface area contributed by atoms with Gasteiger partial charge < -0.3 is 14.9 Å². The van der Waals surface area contributed by atoms with Crippen LogP contribution in [-0.4, -0.2) is 56.7 Å². The number of likely N-dealkylation sites (tertiary alicyclic amines) is 2. The third-order valence-electron chi connectivity index (χ3n) is 9.49. The van der Waals surface area contributed by atoms with Gasteiger partial charge in [0.2, 0.25) is 11.8 Å². The van der Waals surface area contributed by atoms with Crippen LogP contribution in [0.3, 0.4) is 0 Å². The lowest BCUT2D eigenvalue weighted by Gasteiger charge is -2.44. The summed E-state index contributed by atoms with van der Waals surface area (Å²) in [5.41, 5.74) is 1.90. The van der Waals surface area contributed by atoms with Gasteiger partial charge in [-0.2, -0.15) is 0 Å². The Balaban J connectivity index is 1.21. The molecule has 38 heavy (non-hydrogen) atoms. The number of para-hydroxylation sites is 1. The summed E-state index contributed by atoms with van der Waals surface area (Å²) < 4.78 is 6.33. The van der Waals surface area contributed by atoms with Crippen LogP contribution in [0.25, 0.3) is 0 Å². The van der Waals surface area contributed by atoms with Crippen molar-refractivity contribution in [3.8, 4) is 5.75 Å². The lowest BCUT2D eigenvalue weighted by molar-refractivity contribution is -0.270. The number of ether oxygens (including phenoxy) is 1. The summed E-state index contributed by atoms with van der Waals surface area (Å²) in [6.07, 6.45) is 3.49. The molecule has 7 nitrogen and oxygen atoms in total. The van der Waals surface area contributed by atoms with E-state index < -0.39 is 29.6 Å². The van der Waals surface area contributed by atoms with Crippen LogP contribution in [0.5, 0.6) is 5.75 Å². The number of nitrogens with zero attached hydrogens (tertiary/aromatic N) is 2. The van der Waals surface area contributed by atoms with Crippen LogP contribution in [0, 0.1) is 23.7 Å². The van der Waals surface area contributed by atoms with E-state index in [2.05, 4.69) is 36.1 Å². The van der Waals surface area contributed by atoms with Gasteiger partial charge in [0.15, 0.2) is 5.79 Å². The largest absolute Gasteiger partial charge is 0.508 e. The van der Waals surface area contributed by atoms with Crippen molar-refractivity contribution in [1.29, 1.82) is 0 Å². The van der Waals surface area contributed by atoms with E-state index in [1.54, 1.807) is 17.0 Å². The molecule has 0 unspecified atom stereocenters. The Morgan fingerprint density at radius 1 is 0.974 bits per heavy atom. The molecule has 3 saturated heterocycles. The first-order valence-corrected chi connectivity index (χ1v) is 14.2. The Labute approximate surface area is 224 Å². The van der Waals surface area contributed by atoms with Crippen LogP contribution in [0.1, 0.15) is 62.7 Å². The van der Waals surface area contributed by atoms with Gasteiger partial charge in [-0.25, -0.2) is 0 Å². The molecular formula is C31H38N2O5. The number of fused-ring (bicyclic) bond motifs is 3. The van der Waals surface area contributed by atoms with E-state index >= 15 is 0 Å². The molecule has 2 aromatic rings. The number of aromatic hydroxyl groups is 1. The van der Waals surface area contributed by atoms with Crippen LogP contribution < -0.4 is 0 Å². The lowest BCUT2D eigenvalue weighted by Crippen LogP contribution is -2.53. The van der Waals surface area contributed by atoms with Crippen molar-refractivity contribution >= 4 is 11.8 Å². The smallest absolute Gasteiger partial charge is 0.233 e. The predicted octanol–water partition coefficient (Wildman–Crippen LogP) is 4.24. The van der Waals surface area contributed by atoms with Gasteiger partial charge >= 0.3 is 0 Å². The maximum Gasteiger partial charge on any atom is 0.233 e. The molecular weight excluding hydrogens is 480 g/mol. The van der Waals surface area contributed by atoms with E-state index in [1.165, 1.54) is 5.56 Å². The molecule has 1 aliphatic carbocycles.